The first kappa shape index (κ1) is 18.2. The molecule has 0 aliphatic rings. The molecule has 0 unspecified atom stereocenters. The van der Waals surface area contributed by atoms with E-state index in [1.165, 1.54) is 13.0 Å². The van der Waals surface area contributed by atoms with Crippen LogP contribution in [0, 0.1) is 6.92 Å². The quantitative estimate of drug-likeness (QED) is 0.611. The van der Waals surface area contributed by atoms with Crippen LogP contribution < -0.4 is 10.9 Å². The summed E-state index contributed by atoms with van der Waals surface area (Å²) in [6, 6.07) is 11.2. The minimum atomic E-state index is -1.27. The predicted octanol–water partition coefficient (Wildman–Crippen LogP) is 2.68. The van der Waals surface area contributed by atoms with E-state index in [9.17, 15) is 19.5 Å². The van der Waals surface area contributed by atoms with Gasteiger partial charge in [-0.3, -0.25) is 9.59 Å². The van der Waals surface area contributed by atoms with Crippen LogP contribution in [0.15, 0.2) is 51.7 Å². The molecule has 7 nitrogen and oxygen atoms in total. The zero-order valence-corrected chi connectivity index (χ0v) is 14.6. The summed E-state index contributed by atoms with van der Waals surface area (Å²) < 4.78 is 5.34. The number of carbonyl (C=O) groups excluding carboxylic acids is 1. The van der Waals surface area contributed by atoms with E-state index in [1.54, 1.807) is 12.1 Å². The zero-order valence-electron chi connectivity index (χ0n) is 14.6. The molecule has 0 fully saturated rings. The molecule has 3 rings (SSSR count). The van der Waals surface area contributed by atoms with E-state index in [2.05, 4.69) is 5.32 Å². The van der Waals surface area contributed by atoms with Gasteiger partial charge in [0.05, 0.1) is 5.39 Å². The second kappa shape index (κ2) is 6.95. The van der Waals surface area contributed by atoms with Gasteiger partial charge in [-0.2, -0.15) is 0 Å². The van der Waals surface area contributed by atoms with Crippen LogP contribution in [0.3, 0.4) is 0 Å². The number of para-hydroxylation sites is 1. The van der Waals surface area contributed by atoms with Gasteiger partial charge in [0.15, 0.2) is 5.56 Å². The Hall–Kier alpha value is -3.61. The summed E-state index contributed by atoms with van der Waals surface area (Å²) in [5.74, 6) is -2.83. The lowest BCUT2D eigenvalue weighted by Crippen LogP contribution is -2.40. The molecule has 3 aromatic rings. The molecule has 7 heteroatoms. The molecule has 27 heavy (non-hydrogen) atoms. The minimum absolute atomic E-state index is 0.147. The van der Waals surface area contributed by atoms with Crippen molar-refractivity contribution in [1.82, 2.24) is 5.32 Å². The average molecular weight is 367 g/mol. The predicted molar refractivity (Wildman–Crippen MR) is 98.9 cm³/mol. The second-order valence-electron chi connectivity index (χ2n) is 6.20. The van der Waals surface area contributed by atoms with E-state index in [-0.39, 0.29) is 11.0 Å². The molecule has 1 atom stereocenters. The first-order chi connectivity index (χ1) is 12.8. The van der Waals surface area contributed by atoms with Crippen LogP contribution >= 0.6 is 0 Å². The maximum atomic E-state index is 12.4. The van der Waals surface area contributed by atoms with Gasteiger partial charge < -0.3 is 19.9 Å². The summed E-state index contributed by atoms with van der Waals surface area (Å²) in [6.07, 6.45) is 0. The number of carboxylic acid groups (broad SMARTS) is 1. The molecule has 0 saturated heterocycles. The van der Waals surface area contributed by atoms with Gasteiger partial charge in [-0.15, -0.1) is 0 Å². The highest BCUT2D eigenvalue weighted by atomic mass is 16.4. The number of rotatable bonds is 4. The third-order valence-electron chi connectivity index (χ3n) is 4.18. The summed E-state index contributed by atoms with van der Waals surface area (Å²) in [5, 5.41) is 21.7. The smallest absolute Gasteiger partial charge is 0.353 e. The number of amides is 1. The molecule has 0 aliphatic heterocycles. The van der Waals surface area contributed by atoms with Gasteiger partial charge in [0.1, 0.15) is 17.4 Å². The third kappa shape index (κ3) is 3.39. The summed E-state index contributed by atoms with van der Waals surface area (Å²) in [7, 11) is 0. The van der Waals surface area contributed by atoms with Crippen LogP contribution in [0.5, 0.6) is 5.75 Å². The zero-order chi connectivity index (χ0) is 19.7. The van der Waals surface area contributed by atoms with Crippen molar-refractivity contribution in [1.29, 1.82) is 0 Å². The van der Waals surface area contributed by atoms with Crippen molar-refractivity contribution in [3.05, 3.63) is 64.0 Å². The van der Waals surface area contributed by atoms with Gasteiger partial charge in [0.2, 0.25) is 0 Å². The fourth-order valence-electron chi connectivity index (χ4n) is 2.78. The molecule has 0 spiro atoms. The number of hydrogen-bond acceptors (Lipinski definition) is 5. The maximum Gasteiger partial charge on any atom is 0.353 e. The number of aryl methyl sites for hydroxylation is 1. The van der Waals surface area contributed by atoms with Crippen LogP contribution in [0.2, 0.25) is 0 Å². The first-order valence-electron chi connectivity index (χ1n) is 8.19. The van der Waals surface area contributed by atoms with E-state index in [4.69, 9.17) is 9.52 Å². The topological polar surface area (TPSA) is 117 Å². The lowest BCUT2D eigenvalue weighted by molar-refractivity contribution is -0.138. The van der Waals surface area contributed by atoms with Gasteiger partial charge in [-0.25, -0.2) is 4.79 Å². The third-order valence-corrected chi connectivity index (χ3v) is 4.18. The fraction of sp³-hybridized carbons (Fsp3) is 0.150. The Morgan fingerprint density at radius 3 is 2.52 bits per heavy atom. The Morgan fingerprint density at radius 1 is 1.15 bits per heavy atom. The SMILES string of the molecule is Cc1cccc(-c2cccc3c(O)c(C(=O)N[C@@H](C)C(=O)O)c(=O)oc23)c1. The van der Waals surface area contributed by atoms with Crippen molar-refractivity contribution in [3.8, 4) is 16.9 Å². The van der Waals surface area contributed by atoms with E-state index in [1.807, 2.05) is 31.2 Å². The molecule has 1 aromatic heterocycles. The molecule has 3 N–H and O–H groups in total. The molecular weight excluding hydrogens is 350 g/mol. The number of aliphatic carboxylic acids is 1. The Morgan fingerprint density at radius 2 is 1.85 bits per heavy atom. The summed E-state index contributed by atoms with van der Waals surface area (Å²) in [6.45, 7) is 3.17. The van der Waals surface area contributed by atoms with Crippen molar-refractivity contribution in [2.45, 2.75) is 19.9 Å². The molecule has 1 amide bonds. The number of aromatic hydroxyl groups is 1. The standard InChI is InChI=1S/C20H17NO6/c1-10-5-3-6-12(9-10)13-7-4-8-14-16(22)15(20(26)27-17(13)14)18(23)21-11(2)19(24)25/h3-9,11,22H,1-2H3,(H,21,23)(H,24,25)/t11-/m0/s1. The van der Waals surface area contributed by atoms with Crippen LogP contribution in [0.4, 0.5) is 0 Å². The second-order valence-corrected chi connectivity index (χ2v) is 6.20. The molecule has 0 saturated carbocycles. The Bertz CT molecular complexity index is 1120. The minimum Gasteiger partial charge on any atom is -0.506 e. The number of benzene rings is 2. The first-order valence-corrected chi connectivity index (χ1v) is 8.19. The van der Waals surface area contributed by atoms with E-state index >= 15 is 0 Å². The van der Waals surface area contributed by atoms with Crippen LogP contribution in [0.25, 0.3) is 22.1 Å². The number of fused-ring (bicyclic) bond motifs is 1. The molecule has 1 heterocycles. The summed E-state index contributed by atoms with van der Waals surface area (Å²) in [4.78, 5) is 35.5. The van der Waals surface area contributed by atoms with Gasteiger partial charge in [-0.05, 0) is 25.5 Å². The molecule has 138 valence electrons. The molecule has 0 bridgehead atoms. The summed E-state index contributed by atoms with van der Waals surface area (Å²) >= 11 is 0. The van der Waals surface area contributed by atoms with Gasteiger partial charge in [0, 0.05) is 5.56 Å². The van der Waals surface area contributed by atoms with Crippen LogP contribution in [0.1, 0.15) is 22.8 Å². The van der Waals surface area contributed by atoms with Crippen LogP contribution in [-0.4, -0.2) is 28.1 Å². The normalized spacial score (nSPS) is 11.9. The highest BCUT2D eigenvalue weighted by Crippen LogP contribution is 2.33. The Balaban J connectivity index is 2.18. The van der Waals surface area contributed by atoms with Crippen molar-refractivity contribution in [3.63, 3.8) is 0 Å². The Labute approximate surface area is 153 Å². The lowest BCUT2D eigenvalue weighted by atomic mass is 10.00. The van der Waals surface area contributed by atoms with Crippen molar-refractivity contribution in [2.24, 2.45) is 0 Å². The number of nitrogens with one attached hydrogen (secondary N) is 1. The number of carbonyl (C=O) groups is 2. The molecule has 0 radical (unpaired) electrons. The van der Waals surface area contributed by atoms with Crippen molar-refractivity contribution < 1.29 is 24.2 Å². The van der Waals surface area contributed by atoms with Gasteiger partial charge in [0.25, 0.3) is 5.91 Å². The number of hydrogen-bond donors (Lipinski definition) is 3. The summed E-state index contributed by atoms with van der Waals surface area (Å²) in [5.41, 5.74) is 0.865. The average Bonchev–Trinajstić information content (AvgIpc) is 2.61. The molecule has 0 aliphatic carbocycles. The largest absolute Gasteiger partial charge is 0.506 e. The van der Waals surface area contributed by atoms with Crippen molar-refractivity contribution >= 4 is 22.8 Å². The lowest BCUT2D eigenvalue weighted by Gasteiger charge is -2.12. The van der Waals surface area contributed by atoms with Gasteiger partial charge in [-0.1, -0.05) is 42.0 Å². The highest BCUT2D eigenvalue weighted by molar-refractivity contribution is 6.05. The molecule has 2 aromatic carbocycles. The van der Waals surface area contributed by atoms with Crippen LogP contribution in [-0.2, 0) is 4.79 Å². The van der Waals surface area contributed by atoms with E-state index in [0.717, 1.165) is 11.1 Å². The fourth-order valence-corrected chi connectivity index (χ4v) is 2.78. The van der Waals surface area contributed by atoms with Gasteiger partial charge >= 0.3 is 11.6 Å². The highest BCUT2D eigenvalue weighted by Gasteiger charge is 2.25. The number of carboxylic acids is 1. The van der Waals surface area contributed by atoms with Crippen molar-refractivity contribution in [2.75, 3.05) is 0 Å². The monoisotopic (exact) mass is 367 g/mol. The van der Waals surface area contributed by atoms with E-state index in [0.29, 0.717) is 5.56 Å². The maximum absolute atomic E-state index is 12.4. The molecular formula is C20H17NO6. The Kier molecular flexibility index (Phi) is 4.68. The van der Waals surface area contributed by atoms with E-state index < -0.39 is 34.9 Å².